The van der Waals surface area contributed by atoms with E-state index in [1.807, 2.05) is 6.07 Å². The highest BCUT2D eigenvalue weighted by molar-refractivity contribution is 6.35. The lowest BCUT2D eigenvalue weighted by Gasteiger charge is -2.07. The zero-order chi connectivity index (χ0) is 14.3. The average molecular weight is 292 g/mol. The van der Waals surface area contributed by atoms with Gasteiger partial charge < -0.3 is 9.73 Å². The minimum atomic E-state index is 0.606. The molecule has 1 aromatic carbocycles. The SMILES string of the molecule is Cc1cc(Cl)c2oc(CNC3CC3)c(CC(C)C)c2c1. The van der Waals surface area contributed by atoms with Gasteiger partial charge in [0.2, 0.25) is 0 Å². The van der Waals surface area contributed by atoms with E-state index in [4.69, 9.17) is 16.0 Å². The van der Waals surface area contributed by atoms with Crippen molar-refractivity contribution in [1.82, 2.24) is 5.32 Å². The molecular formula is C17H22ClNO. The Morgan fingerprint density at radius 2 is 2.10 bits per heavy atom. The van der Waals surface area contributed by atoms with Crippen LogP contribution in [0.5, 0.6) is 0 Å². The maximum atomic E-state index is 6.35. The summed E-state index contributed by atoms with van der Waals surface area (Å²) in [5.41, 5.74) is 3.37. The van der Waals surface area contributed by atoms with Gasteiger partial charge in [-0.1, -0.05) is 25.4 Å². The Kier molecular flexibility index (Phi) is 3.78. The van der Waals surface area contributed by atoms with E-state index in [1.165, 1.54) is 29.4 Å². The fourth-order valence-corrected chi connectivity index (χ4v) is 3.00. The van der Waals surface area contributed by atoms with Gasteiger partial charge >= 0.3 is 0 Å². The lowest BCUT2D eigenvalue weighted by Crippen LogP contribution is -2.16. The highest BCUT2D eigenvalue weighted by Crippen LogP contribution is 2.34. The maximum absolute atomic E-state index is 6.35. The second-order valence-corrected chi connectivity index (χ2v) is 6.79. The first kappa shape index (κ1) is 14.0. The second-order valence-electron chi connectivity index (χ2n) is 6.38. The average Bonchev–Trinajstić information content (AvgIpc) is 3.12. The smallest absolute Gasteiger partial charge is 0.153 e. The highest BCUT2D eigenvalue weighted by atomic mass is 35.5. The molecular weight excluding hydrogens is 270 g/mol. The van der Waals surface area contributed by atoms with Crippen LogP contribution < -0.4 is 5.32 Å². The summed E-state index contributed by atoms with van der Waals surface area (Å²) in [7, 11) is 0. The van der Waals surface area contributed by atoms with Crippen LogP contribution in [0.4, 0.5) is 0 Å². The standard InChI is InChI=1S/C17H22ClNO/c1-10(2)6-13-14-7-11(3)8-15(18)17(14)20-16(13)9-19-12-4-5-12/h7-8,10,12,19H,4-6,9H2,1-3H3. The first-order valence-electron chi connectivity index (χ1n) is 7.48. The van der Waals surface area contributed by atoms with E-state index < -0.39 is 0 Å². The molecule has 1 aromatic heterocycles. The van der Waals surface area contributed by atoms with Gasteiger partial charge in [-0.05, 0) is 49.8 Å². The van der Waals surface area contributed by atoms with E-state index in [2.05, 4.69) is 32.2 Å². The molecule has 20 heavy (non-hydrogen) atoms. The van der Waals surface area contributed by atoms with Gasteiger partial charge in [-0.2, -0.15) is 0 Å². The summed E-state index contributed by atoms with van der Waals surface area (Å²) in [6, 6.07) is 4.86. The van der Waals surface area contributed by atoms with Gasteiger partial charge in [-0.3, -0.25) is 0 Å². The molecule has 1 fully saturated rings. The number of hydrogen-bond donors (Lipinski definition) is 1. The summed E-state index contributed by atoms with van der Waals surface area (Å²) >= 11 is 6.35. The lowest BCUT2D eigenvalue weighted by molar-refractivity contribution is 0.500. The first-order valence-corrected chi connectivity index (χ1v) is 7.86. The molecule has 0 spiro atoms. The Morgan fingerprint density at radius 1 is 1.35 bits per heavy atom. The molecule has 2 nitrogen and oxygen atoms in total. The molecule has 1 aliphatic rings. The van der Waals surface area contributed by atoms with Gasteiger partial charge in [-0.25, -0.2) is 0 Å². The van der Waals surface area contributed by atoms with Crippen LogP contribution in [0.1, 0.15) is 43.6 Å². The van der Waals surface area contributed by atoms with Crippen molar-refractivity contribution in [2.24, 2.45) is 5.92 Å². The Bertz CT molecular complexity index is 625. The number of nitrogens with one attached hydrogen (secondary N) is 1. The normalized spacial score (nSPS) is 15.4. The molecule has 3 rings (SSSR count). The number of rotatable bonds is 5. The van der Waals surface area contributed by atoms with E-state index >= 15 is 0 Å². The molecule has 0 atom stereocenters. The van der Waals surface area contributed by atoms with Crippen LogP contribution in [0.15, 0.2) is 16.5 Å². The third kappa shape index (κ3) is 2.87. The van der Waals surface area contributed by atoms with Crippen LogP contribution in [-0.2, 0) is 13.0 Å². The van der Waals surface area contributed by atoms with Crippen molar-refractivity contribution < 1.29 is 4.42 Å². The quantitative estimate of drug-likeness (QED) is 0.852. The summed E-state index contributed by atoms with van der Waals surface area (Å²) in [6.45, 7) is 7.39. The van der Waals surface area contributed by atoms with Crippen LogP contribution in [0.2, 0.25) is 5.02 Å². The molecule has 3 heteroatoms. The van der Waals surface area contributed by atoms with E-state index in [0.29, 0.717) is 12.0 Å². The Labute approximate surface area is 125 Å². The molecule has 2 aromatic rings. The number of benzene rings is 1. The van der Waals surface area contributed by atoms with Crippen LogP contribution in [0, 0.1) is 12.8 Å². The molecule has 1 aliphatic carbocycles. The molecule has 0 unspecified atom stereocenters. The van der Waals surface area contributed by atoms with Crippen molar-refractivity contribution in [3.05, 3.63) is 34.0 Å². The molecule has 0 amide bonds. The zero-order valence-corrected chi connectivity index (χ0v) is 13.2. The summed E-state index contributed by atoms with van der Waals surface area (Å²) in [6.07, 6.45) is 3.62. The minimum Gasteiger partial charge on any atom is -0.458 e. The van der Waals surface area contributed by atoms with Crippen LogP contribution in [0.3, 0.4) is 0 Å². The predicted octanol–water partition coefficient (Wildman–Crippen LogP) is 4.85. The van der Waals surface area contributed by atoms with Gasteiger partial charge in [0, 0.05) is 17.0 Å². The van der Waals surface area contributed by atoms with Crippen molar-refractivity contribution in [1.29, 1.82) is 0 Å². The summed E-state index contributed by atoms with van der Waals surface area (Å²) in [4.78, 5) is 0. The van der Waals surface area contributed by atoms with Crippen LogP contribution in [-0.4, -0.2) is 6.04 Å². The lowest BCUT2D eigenvalue weighted by atomic mass is 9.99. The number of aryl methyl sites for hydroxylation is 1. The molecule has 1 heterocycles. The number of halogens is 1. The maximum Gasteiger partial charge on any atom is 0.153 e. The number of fused-ring (bicyclic) bond motifs is 1. The second kappa shape index (κ2) is 5.42. The van der Waals surface area contributed by atoms with Gasteiger partial charge in [0.1, 0.15) is 5.76 Å². The third-order valence-electron chi connectivity index (χ3n) is 3.82. The third-order valence-corrected chi connectivity index (χ3v) is 4.10. The molecule has 108 valence electrons. The number of furan rings is 1. The summed E-state index contributed by atoms with van der Waals surface area (Å²) in [5, 5.41) is 5.46. The van der Waals surface area contributed by atoms with Gasteiger partial charge in [-0.15, -0.1) is 0 Å². The topological polar surface area (TPSA) is 25.2 Å². The van der Waals surface area contributed by atoms with Gasteiger partial charge in [0.15, 0.2) is 5.58 Å². The van der Waals surface area contributed by atoms with Crippen molar-refractivity contribution in [3.8, 4) is 0 Å². The predicted molar refractivity (Wildman–Crippen MR) is 84.4 cm³/mol. The number of hydrogen-bond acceptors (Lipinski definition) is 2. The summed E-state index contributed by atoms with van der Waals surface area (Å²) in [5.74, 6) is 1.67. The molecule has 1 saturated carbocycles. The fraction of sp³-hybridized carbons (Fsp3) is 0.529. The fourth-order valence-electron chi connectivity index (χ4n) is 2.69. The van der Waals surface area contributed by atoms with E-state index in [9.17, 15) is 0 Å². The van der Waals surface area contributed by atoms with Crippen molar-refractivity contribution in [3.63, 3.8) is 0 Å². The Balaban J connectivity index is 2.03. The van der Waals surface area contributed by atoms with Gasteiger partial charge in [0.25, 0.3) is 0 Å². The zero-order valence-electron chi connectivity index (χ0n) is 12.4. The monoisotopic (exact) mass is 291 g/mol. The highest BCUT2D eigenvalue weighted by Gasteiger charge is 2.23. The van der Waals surface area contributed by atoms with E-state index in [1.54, 1.807) is 0 Å². The van der Waals surface area contributed by atoms with Crippen molar-refractivity contribution in [2.45, 2.75) is 52.6 Å². The van der Waals surface area contributed by atoms with Crippen molar-refractivity contribution in [2.75, 3.05) is 0 Å². The molecule has 0 aliphatic heterocycles. The molecule has 1 N–H and O–H groups in total. The van der Waals surface area contributed by atoms with Gasteiger partial charge in [0.05, 0.1) is 11.6 Å². The molecule has 0 bridgehead atoms. The van der Waals surface area contributed by atoms with E-state index in [0.717, 1.165) is 29.3 Å². The van der Waals surface area contributed by atoms with E-state index in [-0.39, 0.29) is 0 Å². The Morgan fingerprint density at radius 3 is 2.75 bits per heavy atom. The summed E-state index contributed by atoms with van der Waals surface area (Å²) < 4.78 is 6.07. The minimum absolute atomic E-state index is 0.606. The van der Waals surface area contributed by atoms with Crippen LogP contribution >= 0.6 is 11.6 Å². The molecule has 0 radical (unpaired) electrons. The largest absolute Gasteiger partial charge is 0.458 e. The molecule has 0 saturated heterocycles. The Hall–Kier alpha value is -0.990. The van der Waals surface area contributed by atoms with Crippen LogP contribution in [0.25, 0.3) is 11.0 Å². The van der Waals surface area contributed by atoms with Crippen molar-refractivity contribution >= 4 is 22.6 Å². The first-order chi connectivity index (χ1) is 9.54.